The minimum absolute atomic E-state index is 0.382. The van der Waals surface area contributed by atoms with Gasteiger partial charge in [0.2, 0.25) is 0 Å². The van der Waals surface area contributed by atoms with E-state index in [0.29, 0.717) is 0 Å². The van der Waals surface area contributed by atoms with Crippen LogP contribution in [0.15, 0.2) is 218 Å². The van der Waals surface area contributed by atoms with Gasteiger partial charge in [-0.3, -0.25) is 0 Å². The summed E-state index contributed by atoms with van der Waals surface area (Å²) < 4.78 is 335. The van der Waals surface area contributed by atoms with Crippen molar-refractivity contribution in [1.82, 2.24) is 0 Å². The second-order valence-electron chi connectivity index (χ2n) is 13.5. The van der Waals surface area contributed by atoms with Crippen molar-refractivity contribution >= 4 is 75.4 Å². The van der Waals surface area contributed by atoms with E-state index in [2.05, 4.69) is 0 Å². The Kier molecular flexibility index (Phi) is 2.92. The first kappa shape index (κ1) is 13.6. The summed E-state index contributed by atoms with van der Waals surface area (Å²) in [6.07, 6.45) is 0. The largest absolute Gasteiger partial charge is 0.0636 e. The maximum atomic E-state index is 10.3. The highest BCUT2D eigenvalue weighted by molar-refractivity contribution is 6.26. The zero-order chi connectivity index (χ0) is 70.6. The minimum Gasteiger partial charge on any atom is -0.0616 e. The summed E-state index contributed by atoms with van der Waals surface area (Å²) in [6, 6.07) is -36.6. The molecule has 0 saturated carbocycles. The second-order valence-corrected chi connectivity index (χ2v) is 13.5. The maximum Gasteiger partial charge on any atom is 0.0636 e. The van der Waals surface area contributed by atoms with Crippen LogP contribution in [0.3, 0.4) is 0 Å². The third-order valence-corrected chi connectivity index (χ3v) is 10.2. The summed E-state index contributed by atoms with van der Waals surface area (Å²) in [5.74, 6) is 0. The lowest BCUT2D eigenvalue weighted by Crippen LogP contribution is -1.90. The third kappa shape index (κ3) is 5.04. The van der Waals surface area contributed by atoms with E-state index in [9.17, 15) is 28.8 Å². The Balaban J connectivity index is 1.25. The molecule has 0 heterocycles. The van der Waals surface area contributed by atoms with Crippen molar-refractivity contribution in [1.29, 1.82) is 0 Å². The zero-order valence-electron chi connectivity index (χ0n) is 66.0. The molecule has 276 valence electrons. The van der Waals surface area contributed by atoms with Gasteiger partial charge in [0.05, 0.1) is 49.3 Å². The van der Waals surface area contributed by atoms with Crippen molar-refractivity contribution in [2.45, 2.75) is 0 Å². The predicted molar refractivity (Wildman–Crippen MR) is 259 cm³/mol. The summed E-state index contributed by atoms with van der Waals surface area (Å²) in [7, 11) is 0. The van der Waals surface area contributed by atoms with Crippen LogP contribution in [0.1, 0.15) is 49.3 Å². The normalized spacial score (nSPS) is 20.4. The number of benzene rings is 13. The fourth-order valence-electron chi connectivity index (χ4n) is 7.53. The number of hydrogen-bond donors (Lipinski definition) is 0. The third-order valence-electron chi connectivity index (χ3n) is 10.2. The van der Waals surface area contributed by atoms with E-state index >= 15 is 0 Å². The molecule has 0 fully saturated rings. The standard InChI is InChI=1S/C60H36/c1-2-18-51-37(8-1)9-7-19-52(51)50-35-48(44-14-5-16-46(32-44)53-28-24-42-22-20-38-10-3-12-40-26-30-55(53)59(42)57(38)40)34-49(36-50)45-15-6-17-47(33-45)54-29-25-43-23-21-39-11-4-13-41-27-31-56(54)60(43)58(39)41/h1-36H/i1D,2D,3D,4D,5D,6D,7D,8D,9D,10D,11D,12D,13D,14D,15D,16D,17D,18D,19D,20D,21D,22D,23D,24D,25D,26D,27D,28D,29D,30D,31D,32D,33D,34D,35D,36D. The molecule has 13 aromatic carbocycles. The number of rotatable bonds is 5. The van der Waals surface area contributed by atoms with Crippen molar-refractivity contribution in [3.05, 3.63) is 218 Å². The molecule has 0 amide bonds. The van der Waals surface area contributed by atoms with Crippen LogP contribution in [0.25, 0.3) is 131 Å². The van der Waals surface area contributed by atoms with E-state index in [4.69, 9.17) is 20.6 Å². The molecule has 0 spiro atoms. The Labute approximate surface area is 398 Å². The van der Waals surface area contributed by atoms with Gasteiger partial charge in [0, 0.05) is 0 Å². The van der Waals surface area contributed by atoms with Gasteiger partial charge in [-0.05, 0) is 161 Å². The molecule has 60 heavy (non-hydrogen) atoms. The summed E-state index contributed by atoms with van der Waals surface area (Å²) >= 11 is 0. The van der Waals surface area contributed by atoms with E-state index in [1.165, 1.54) is 0 Å². The van der Waals surface area contributed by atoms with Crippen LogP contribution >= 0.6 is 0 Å². The van der Waals surface area contributed by atoms with Gasteiger partial charge in [0.1, 0.15) is 0 Å². The average molecular weight is 793 g/mol. The van der Waals surface area contributed by atoms with Gasteiger partial charge >= 0.3 is 0 Å². The monoisotopic (exact) mass is 793 g/mol. The molecule has 0 unspecified atom stereocenters. The van der Waals surface area contributed by atoms with Gasteiger partial charge in [-0.1, -0.05) is 187 Å². The van der Waals surface area contributed by atoms with Crippen LogP contribution in [0.4, 0.5) is 0 Å². The molecule has 13 rings (SSSR count). The smallest absolute Gasteiger partial charge is 0.0616 e. The number of hydrogen-bond acceptors (Lipinski definition) is 0. The highest BCUT2D eigenvalue weighted by Crippen LogP contribution is 2.43. The Morgan fingerprint density at radius 3 is 1.10 bits per heavy atom. The van der Waals surface area contributed by atoms with Crippen molar-refractivity contribution < 1.29 is 49.3 Å². The average Bonchev–Trinajstić information content (AvgIpc) is 0.690. The molecule has 0 heteroatoms. The SMILES string of the molecule is [2H]c1c([2H])c(-c2c([2H])c(-c3c([2H])c([2H])c([2H])c(-c4c([2H])c([2H])c5c([2H])c([2H])c6c([2H])c([2H])c([2H])c7c([2H])c([2H])c4c5c67)c3[2H])c([2H])c(-c3c([2H])c([2H])c([2H])c4c([2H])c([2H])c([2H])c([2H])c34)c2[2H])c([2H])c(-c2c([2H])c([2H])c3c([2H])c([2H])c4c([2H])c([2H])c([2H])c5c([2H])c([2H])c2c3c45)c1[2H]. The molecule has 0 aliphatic rings. The van der Waals surface area contributed by atoms with E-state index < -0.39 is 338 Å². The lowest BCUT2D eigenvalue weighted by molar-refractivity contribution is 1.57. The van der Waals surface area contributed by atoms with Crippen LogP contribution in [0.2, 0.25) is 0 Å². The van der Waals surface area contributed by atoms with E-state index in [1.807, 2.05) is 0 Å². The predicted octanol–water partition coefficient (Wildman–Crippen LogP) is 17.0. The number of fused-ring (bicyclic) bond motifs is 1. The van der Waals surface area contributed by atoms with Crippen LogP contribution < -0.4 is 0 Å². The van der Waals surface area contributed by atoms with Gasteiger partial charge in [-0.2, -0.15) is 0 Å². The first-order valence-electron chi connectivity index (χ1n) is 36.0. The van der Waals surface area contributed by atoms with Crippen molar-refractivity contribution in [2.24, 2.45) is 0 Å². The molecule has 0 atom stereocenters. The van der Waals surface area contributed by atoms with Crippen molar-refractivity contribution in [3.63, 3.8) is 0 Å². The van der Waals surface area contributed by atoms with Crippen molar-refractivity contribution in [2.75, 3.05) is 0 Å². The lowest BCUT2D eigenvalue weighted by Gasteiger charge is -2.16. The Morgan fingerprint density at radius 2 is 0.550 bits per heavy atom. The molecule has 0 aliphatic carbocycles. The first-order chi connectivity index (χ1) is 44.8. The molecule has 0 aliphatic heterocycles. The lowest BCUT2D eigenvalue weighted by atomic mass is 9.87. The van der Waals surface area contributed by atoms with Gasteiger partial charge < -0.3 is 0 Å². The minimum atomic E-state index is -1.34. The van der Waals surface area contributed by atoms with E-state index in [1.54, 1.807) is 0 Å². The Bertz CT molecular complexity index is 5600. The van der Waals surface area contributed by atoms with Crippen LogP contribution in [0.5, 0.6) is 0 Å². The van der Waals surface area contributed by atoms with E-state index in [0.717, 1.165) is 0 Å². The fraction of sp³-hybridized carbons (Fsp3) is 0. The first-order valence-corrected chi connectivity index (χ1v) is 18.0. The Hall–Kier alpha value is -7.80. The quantitative estimate of drug-likeness (QED) is 0.152. The molecular weight excluding hydrogens is 721 g/mol. The highest BCUT2D eigenvalue weighted by Gasteiger charge is 2.16. The summed E-state index contributed by atoms with van der Waals surface area (Å²) in [6.45, 7) is 0. The summed E-state index contributed by atoms with van der Waals surface area (Å²) in [5.41, 5.74) is -10.3. The van der Waals surface area contributed by atoms with Crippen LogP contribution in [0, 0.1) is 0 Å². The van der Waals surface area contributed by atoms with E-state index in [-0.39, 0.29) is 10.8 Å². The molecule has 0 radical (unpaired) electrons. The van der Waals surface area contributed by atoms with Crippen LogP contribution in [-0.4, -0.2) is 0 Å². The van der Waals surface area contributed by atoms with Crippen LogP contribution in [-0.2, 0) is 0 Å². The fourth-order valence-corrected chi connectivity index (χ4v) is 7.53. The van der Waals surface area contributed by atoms with Gasteiger partial charge in [-0.25, -0.2) is 0 Å². The topological polar surface area (TPSA) is 0 Å². The van der Waals surface area contributed by atoms with Gasteiger partial charge in [0.25, 0.3) is 0 Å². The molecule has 13 aromatic rings. The molecule has 0 N–H and O–H groups in total. The summed E-state index contributed by atoms with van der Waals surface area (Å²) in [4.78, 5) is 0. The van der Waals surface area contributed by atoms with Crippen molar-refractivity contribution in [3.8, 4) is 55.6 Å². The molecular formula is C60H36. The Morgan fingerprint density at radius 1 is 0.200 bits per heavy atom. The zero-order valence-corrected chi connectivity index (χ0v) is 30.0. The molecule has 0 aromatic heterocycles. The maximum absolute atomic E-state index is 10.3. The van der Waals surface area contributed by atoms with Gasteiger partial charge in [-0.15, -0.1) is 0 Å². The molecule has 0 bridgehead atoms. The molecule has 0 saturated heterocycles. The summed E-state index contributed by atoms with van der Waals surface area (Å²) in [5, 5.41) is -7.70. The highest BCUT2D eigenvalue weighted by atomic mass is 14.2. The molecule has 0 nitrogen and oxygen atoms in total. The second kappa shape index (κ2) is 12.9. The van der Waals surface area contributed by atoms with Gasteiger partial charge in [0.15, 0.2) is 0 Å².